The number of rotatable bonds is 9. The minimum absolute atomic E-state index is 0.131. The zero-order chi connectivity index (χ0) is 26.4. The maximum absolute atomic E-state index is 13.6. The number of para-hydroxylation sites is 1. The molecule has 1 amide bonds. The molecule has 0 bridgehead atoms. The number of hydrogen-bond acceptors (Lipinski definition) is 4. The highest BCUT2D eigenvalue weighted by Gasteiger charge is 2.27. The molecule has 0 saturated heterocycles. The summed E-state index contributed by atoms with van der Waals surface area (Å²) in [6, 6.07) is 28.8. The lowest BCUT2D eigenvalue weighted by atomic mass is 10.2. The molecule has 0 heterocycles. The molecule has 0 aliphatic carbocycles. The summed E-state index contributed by atoms with van der Waals surface area (Å²) in [5.74, 6) is 0.262. The fraction of sp³-hybridized carbons (Fsp3) is 0.138. The number of carbonyl (C=O) groups is 1. The average Bonchev–Trinajstić information content (AvgIpc) is 2.88. The predicted molar refractivity (Wildman–Crippen MR) is 153 cm³/mol. The van der Waals surface area contributed by atoms with Crippen molar-refractivity contribution in [1.82, 2.24) is 0 Å². The number of nitrogens with zero attached hydrogens (tertiary/aromatic N) is 1. The van der Waals surface area contributed by atoms with Crippen LogP contribution in [-0.2, 0) is 20.6 Å². The van der Waals surface area contributed by atoms with Crippen LogP contribution in [0.5, 0.6) is 0 Å². The smallest absolute Gasteiger partial charge is 0.264 e. The minimum Gasteiger partial charge on any atom is -0.323 e. The third-order valence-corrected chi connectivity index (χ3v) is 8.84. The molecule has 4 aromatic rings. The van der Waals surface area contributed by atoms with Gasteiger partial charge in [-0.25, -0.2) is 8.42 Å². The van der Waals surface area contributed by atoms with Gasteiger partial charge in [-0.2, -0.15) is 0 Å². The summed E-state index contributed by atoms with van der Waals surface area (Å²) in [7, 11) is -3.98. The Hall–Kier alpha value is -3.26. The molecule has 0 fully saturated rings. The third kappa shape index (κ3) is 6.95. The molecule has 1 N–H and O–H groups in total. The molecule has 0 saturated carbocycles. The first-order chi connectivity index (χ1) is 17.7. The summed E-state index contributed by atoms with van der Waals surface area (Å²) in [5, 5.41) is 3.60. The summed E-state index contributed by atoms with van der Waals surface area (Å²) in [6.45, 7) is 3.41. The standard InChI is InChI=1S/C29H27ClN2O3S2/c1-21-10-16-26(17-11-21)37(34,35)32(25-7-5-6-22(2)18-25)19-29(33)31-27-8-3-4-9-28(27)36-20-23-12-14-24(30)15-13-23/h3-18H,19-20H2,1-2H3,(H,31,33). The van der Waals surface area contributed by atoms with Gasteiger partial charge >= 0.3 is 0 Å². The number of sulfonamides is 1. The SMILES string of the molecule is Cc1ccc(S(=O)(=O)N(CC(=O)Nc2ccccc2SCc2ccc(Cl)cc2)c2cccc(C)c2)cc1. The van der Waals surface area contributed by atoms with E-state index in [1.807, 2.05) is 68.4 Å². The van der Waals surface area contributed by atoms with Crippen molar-refractivity contribution in [2.24, 2.45) is 0 Å². The average molecular weight is 551 g/mol. The van der Waals surface area contributed by atoms with E-state index >= 15 is 0 Å². The molecule has 0 spiro atoms. The van der Waals surface area contributed by atoms with Crippen LogP contribution in [0.4, 0.5) is 11.4 Å². The Bertz CT molecular complexity index is 1490. The second kappa shape index (κ2) is 11.9. The summed E-state index contributed by atoms with van der Waals surface area (Å²) < 4.78 is 28.4. The van der Waals surface area contributed by atoms with E-state index in [-0.39, 0.29) is 11.4 Å². The second-order valence-corrected chi connectivity index (χ2v) is 11.9. The van der Waals surface area contributed by atoms with Crippen LogP contribution in [0.15, 0.2) is 107 Å². The number of amides is 1. The van der Waals surface area contributed by atoms with Crippen molar-refractivity contribution in [3.8, 4) is 0 Å². The van der Waals surface area contributed by atoms with E-state index in [1.54, 1.807) is 54.2 Å². The predicted octanol–water partition coefficient (Wildman–Crippen LogP) is 7.08. The van der Waals surface area contributed by atoms with E-state index in [4.69, 9.17) is 11.6 Å². The lowest BCUT2D eigenvalue weighted by molar-refractivity contribution is -0.114. The molecular formula is C29H27ClN2O3S2. The lowest BCUT2D eigenvalue weighted by Gasteiger charge is -2.24. The van der Waals surface area contributed by atoms with Crippen molar-refractivity contribution in [3.05, 3.63) is 119 Å². The molecule has 4 aromatic carbocycles. The highest BCUT2D eigenvalue weighted by atomic mass is 35.5. The van der Waals surface area contributed by atoms with E-state index in [1.165, 1.54) is 0 Å². The van der Waals surface area contributed by atoms with Gasteiger partial charge in [-0.15, -0.1) is 11.8 Å². The fourth-order valence-corrected chi connectivity index (χ4v) is 6.20. The highest BCUT2D eigenvalue weighted by Crippen LogP contribution is 2.31. The zero-order valence-electron chi connectivity index (χ0n) is 20.5. The van der Waals surface area contributed by atoms with Crippen molar-refractivity contribution < 1.29 is 13.2 Å². The molecule has 0 unspecified atom stereocenters. The minimum atomic E-state index is -3.98. The van der Waals surface area contributed by atoms with Crippen LogP contribution in [0.3, 0.4) is 0 Å². The Morgan fingerprint density at radius 1 is 0.865 bits per heavy atom. The highest BCUT2D eigenvalue weighted by molar-refractivity contribution is 7.98. The van der Waals surface area contributed by atoms with E-state index in [0.29, 0.717) is 22.2 Å². The fourth-order valence-electron chi connectivity index (χ4n) is 3.69. The number of halogens is 1. The monoisotopic (exact) mass is 550 g/mol. The van der Waals surface area contributed by atoms with Crippen LogP contribution in [0.2, 0.25) is 5.02 Å². The molecule has 37 heavy (non-hydrogen) atoms. The third-order valence-electron chi connectivity index (χ3n) is 5.65. The summed E-state index contributed by atoms with van der Waals surface area (Å²) >= 11 is 7.56. The molecule has 5 nitrogen and oxygen atoms in total. The Labute approximate surface area is 227 Å². The summed E-state index contributed by atoms with van der Waals surface area (Å²) in [5.41, 5.74) is 4.01. The largest absolute Gasteiger partial charge is 0.323 e. The number of thioether (sulfide) groups is 1. The zero-order valence-corrected chi connectivity index (χ0v) is 22.9. The van der Waals surface area contributed by atoms with Gasteiger partial charge in [0.25, 0.3) is 10.0 Å². The van der Waals surface area contributed by atoms with Gasteiger partial charge in [0.15, 0.2) is 0 Å². The Morgan fingerprint density at radius 3 is 2.27 bits per heavy atom. The molecular weight excluding hydrogens is 524 g/mol. The van der Waals surface area contributed by atoms with Gasteiger partial charge in [0.2, 0.25) is 5.91 Å². The van der Waals surface area contributed by atoms with E-state index in [0.717, 1.165) is 25.9 Å². The Balaban J connectivity index is 1.56. The number of anilines is 2. The Morgan fingerprint density at radius 2 is 1.57 bits per heavy atom. The van der Waals surface area contributed by atoms with Crippen molar-refractivity contribution in [2.75, 3.05) is 16.2 Å². The molecule has 0 aliphatic heterocycles. The van der Waals surface area contributed by atoms with Crippen LogP contribution in [0, 0.1) is 13.8 Å². The lowest BCUT2D eigenvalue weighted by Crippen LogP contribution is -2.38. The number of hydrogen-bond donors (Lipinski definition) is 1. The normalized spacial score (nSPS) is 11.2. The molecule has 190 valence electrons. The molecule has 4 rings (SSSR count). The number of aryl methyl sites for hydroxylation is 2. The van der Waals surface area contributed by atoms with Gasteiger partial charge in [-0.1, -0.05) is 65.7 Å². The first-order valence-corrected chi connectivity index (χ1v) is 14.4. The quantitative estimate of drug-likeness (QED) is 0.226. The molecule has 0 radical (unpaired) electrons. The van der Waals surface area contributed by atoms with Crippen molar-refractivity contribution in [3.63, 3.8) is 0 Å². The van der Waals surface area contributed by atoms with Crippen LogP contribution in [-0.4, -0.2) is 20.9 Å². The van der Waals surface area contributed by atoms with Crippen LogP contribution < -0.4 is 9.62 Å². The maximum Gasteiger partial charge on any atom is 0.264 e. The van der Waals surface area contributed by atoms with Gasteiger partial charge in [0, 0.05) is 15.7 Å². The van der Waals surface area contributed by atoms with Gasteiger partial charge in [0.05, 0.1) is 16.3 Å². The van der Waals surface area contributed by atoms with Gasteiger partial charge in [-0.3, -0.25) is 9.10 Å². The Kier molecular flexibility index (Phi) is 8.59. The summed E-state index contributed by atoms with van der Waals surface area (Å²) in [4.78, 5) is 14.3. The molecule has 0 aromatic heterocycles. The van der Waals surface area contributed by atoms with E-state index in [9.17, 15) is 13.2 Å². The topological polar surface area (TPSA) is 66.5 Å². The maximum atomic E-state index is 13.6. The van der Waals surface area contributed by atoms with Crippen LogP contribution in [0.1, 0.15) is 16.7 Å². The van der Waals surface area contributed by atoms with Crippen LogP contribution in [0.25, 0.3) is 0 Å². The number of benzene rings is 4. The first kappa shape index (κ1) is 26.8. The van der Waals surface area contributed by atoms with Crippen molar-refractivity contribution >= 4 is 50.7 Å². The van der Waals surface area contributed by atoms with Crippen molar-refractivity contribution in [1.29, 1.82) is 0 Å². The van der Waals surface area contributed by atoms with E-state index in [2.05, 4.69) is 5.32 Å². The molecule has 0 aliphatic rings. The number of nitrogens with one attached hydrogen (secondary N) is 1. The summed E-state index contributed by atoms with van der Waals surface area (Å²) in [6.07, 6.45) is 0. The number of carbonyl (C=O) groups excluding carboxylic acids is 1. The van der Waals surface area contributed by atoms with Gasteiger partial charge < -0.3 is 5.32 Å². The van der Waals surface area contributed by atoms with Crippen LogP contribution >= 0.6 is 23.4 Å². The van der Waals surface area contributed by atoms with Gasteiger partial charge in [-0.05, 0) is 73.5 Å². The van der Waals surface area contributed by atoms with Crippen molar-refractivity contribution in [2.45, 2.75) is 29.4 Å². The molecule has 0 atom stereocenters. The van der Waals surface area contributed by atoms with E-state index < -0.39 is 15.9 Å². The molecule has 8 heteroatoms. The van der Waals surface area contributed by atoms with Gasteiger partial charge in [0.1, 0.15) is 6.54 Å². The second-order valence-electron chi connectivity index (χ2n) is 8.62. The first-order valence-electron chi connectivity index (χ1n) is 11.6.